The first-order valence-corrected chi connectivity index (χ1v) is 6.98. The molecular formula is C15H18BrNO. The minimum absolute atomic E-state index is 0.558. The van der Waals surface area contributed by atoms with Crippen molar-refractivity contribution in [3.8, 4) is 0 Å². The molecule has 1 unspecified atom stereocenters. The molecule has 0 aliphatic heterocycles. The van der Waals surface area contributed by atoms with Gasteiger partial charge in [0.1, 0.15) is 5.76 Å². The normalized spacial score (nSPS) is 12.6. The fourth-order valence-corrected chi connectivity index (χ4v) is 2.44. The quantitative estimate of drug-likeness (QED) is 0.881. The predicted octanol–water partition coefficient (Wildman–Crippen LogP) is 3.66. The van der Waals surface area contributed by atoms with Crippen LogP contribution in [0.3, 0.4) is 0 Å². The summed E-state index contributed by atoms with van der Waals surface area (Å²) < 4.78 is 6.56. The second-order valence-electron chi connectivity index (χ2n) is 4.54. The summed E-state index contributed by atoms with van der Waals surface area (Å²) in [5, 5.41) is 3.26. The molecule has 3 heteroatoms. The highest BCUT2D eigenvalue weighted by atomic mass is 79.9. The van der Waals surface area contributed by atoms with Crippen molar-refractivity contribution in [1.82, 2.24) is 5.32 Å². The summed E-state index contributed by atoms with van der Waals surface area (Å²) in [5.41, 5.74) is 1.37. The monoisotopic (exact) mass is 307 g/mol. The maximum absolute atomic E-state index is 5.43. The molecule has 0 saturated carbocycles. The van der Waals surface area contributed by atoms with Gasteiger partial charge in [0.25, 0.3) is 0 Å². The highest BCUT2D eigenvalue weighted by molar-refractivity contribution is 9.10. The fourth-order valence-electron chi connectivity index (χ4n) is 2.17. The van der Waals surface area contributed by atoms with Crippen molar-refractivity contribution < 1.29 is 4.42 Å². The van der Waals surface area contributed by atoms with Crippen LogP contribution in [-0.4, -0.2) is 13.6 Å². The Morgan fingerprint density at radius 2 is 1.94 bits per heavy atom. The van der Waals surface area contributed by atoms with E-state index in [1.807, 2.05) is 19.2 Å². The third-order valence-corrected chi connectivity index (χ3v) is 3.53. The largest absolute Gasteiger partial charge is 0.469 e. The standard InChI is InChI=1S/C15H18BrNO/c1-17-11-13(10-15-3-2-8-18-15)9-12-4-6-14(16)7-5-12/h2-8,13,17H,9-11H2,1H3. The molecule has 96 valence electrons. The van der Waals surface area contributed by atoms with E-state index >= 15 is 0 Å². The van der Waals surface area contributed by atoms with Gasteiger partial charge in [-0.15, -0.1) is 0 Å². The Labute approximate surface area is 117 Å². The molecule has 0 radical (unpaired) electrons. The zero-order valence-corrected chi connectivity index (χ0v) is 12.1. The van der Waals surface area contributed by atoms with Gasteiger partial charge in [0.05, 0.1) is 6.26 Å². The molecule has 1 aromatic heterocycles. The van der Waals surface area contributed by atoms with Crippen molar-refractivity contribution in [2.75, 3.05) is 13.6 Å². The molecule has 1 N–H and O–H groups in total. The molecule has 0 aliphatic rings. The number of hydrogen-bond acceptors (Lipinski definition) is 2. The summed E-state index contributed by atoms with van der Waals surface area (Å²) in [6.07, 6.45) is 3.78. The van der Waals surface area contributed by atoms with E-state index in [2.05, 4.69) is 45.5 Å². The third-order valence-electron chi connectivity index (χ3n) is 3.00. The van der Waals surface area contributed by atoms with E-state index in [1.54, 1.807) is 6.26 Å². The van der Waals surface area contributed by atoms with Crippen molar-refractivity contribution >= 4 is 15.9 Å². The van der Waals surface area contributed by atoms with E-state index in [9.17, 15) is 0 Å². The lowest BCUT2D eigenvalue weighted by atomic mass is 9.95. The smallest absolute Gasteiger partial charge is 0.104 e. The first-order chi connectivity index (χ1) is 8.78. The Morgan fingerprint density at radius 1 is 1.17 bits per heavy atom. The van der Waals surface area contributed by atoms with Gasteiger partial charge >= 0.3 is 0 Å². The van der Waals surface area contributed by atoms with Gasteiger partial charge in [-0.1, -0.05) is 28.1 Å². The topological polar surface area (TPSA) is 25.2 Å². The second-order valence-corrected chi connectivity index (χ2v) is 5.45. The van der Waals surface area contributed by atoms with E-state index in [4.69, 9.17) is 4.42 Å². The van der Waals surface area contributed by atoms with Crippen LogP contribution in [0.5, 0.6) is 0 Å². The minimum Gasteiger partial charge on any atom is -0.469 e. The highest BCUT2D eigenvalue weighted by Gasteiger charge is 2.11. The number of rotatable bonds is 6. The lowest BCUT2D eigenvalue weighted by Crippen LogP contribution is -2.22. The van der Waals surface area contributed by atoms with Crippen molar-refractivity contribution in [2.24, 2.45) is 5.92 Å². The number of hydrogen-bond donors (Lipinski definition) is 1. The molecule has 1 heterocycles. The van der Waals surface area contributed by atoms with Crippen LogP contribution in [0.15, 0.2) is 51.6 Å². The summed E-state index contributed by atoms with van der Waals surface area (Å²) in [5.74, 6) is 1.62. The Balaban J connectivity index is 1.99. The van der Waals surface area contributed by atoms with Gasteiger partial charge in [0, 0.05) is 10.9 Å². The molecule has 0 aliphatic carbocycles. The van der Waals surface area contributed by atoms with Crippen LogP contribution in [0.25, 0.3) is 0 Å². The first-order valence-electron chi connectivity index (χ1n) is 6.19. The van der Waals surface area contributed by atoms with Gasteiger partial charge in [0.2, 0.25) is 0 Å². The molecule has 2 aromatic rings. The molecule has 2 rings (SSSR count). The Morgan fingerprint density at radius 3 is 2.56 bits per heavy atom. The summed E-state index contributed by atoms with van der Waals surface area (Å²) in [6.45, 7) is 0.997. The Kier molecular flexibility index (Phi) is 5.02. The van der Waals surface area contributed by atoms with Crippen molar-refractivity contribution in [2.45, 2.75) is 12.8 Å². The molecule has 2 nitrogen and oxygen atoms in total. The van der Waals surface area contributed by atoms with Gasteiger partial charge in [-0.05, 0) is 55.8 Å². The number of benzene rings is 1. The molecule has 0 amide bonds. The van der Waals surface area contributed by atoms with Crippen molar-refractivity contribution in [3.63, 3.8) is 0 Å². The van der Waals surface area contributed by atoms with Gasteiger partial charge in [-0.3, -0.25) is 0 Å². The summed E-state index contributed by atoms with van der Waals surface area (Å²) >= 11 is 3.46. The van der Waals surface area contributed by atoms with E-state index < -0.39 is 0 Å². The van der Waals surface area contributed by atoms with E-state index in [-0.39, 0.29) is 0 Å². The fraction of sp³-hybridized carbons (Fsp3) is 0.333. The molecule has 18 heavy (non-hydrogen) atoms. The summed E-state index contributed by atoms with van der Waals surface area (Å²) in [7, 11) is 2.00. The second kappa shape index (κ2) is 6.76. The number of furan rings is 1. The summed E-state index contributed by atoms with van der Waals surface area (Å²) in [4.78, 5) is 0. The molecule has 1 atom stereocenters. The third kappa shape index (κ3) is 4.00. The van der Waals surface area contributed by atoms with Crippen LogP contribution >= 0.6 is 15.9 Å². The first kappa shape index (κ1) is 13.4. The average molecular weight is 308 g/mol. The highest BCUT2D eigenvalue weighted by Crippen LogP contribution is 2.17. The lowest BCUT2D eigenvalue weighted by molar-refractivity contribution is 0.425. The predicted molar refractivity (Wildman–Crippen MR) is 77.7 cm³/mol. The molecule has 0 bridgehead atoms. The molecule has 0 spiro atoms. The van der Waals surface area contributed by atoms with Crippen molar-refractivity contribution in [1.29, 1.82) is 0 Å². The lowest BCUT2D eigenvalue weighted by Gasteiger charge is -2.15. The maximum atomic E-state index is 5.43. The van der Waals surface area contributed by atoms with Crippen LogP contribution in [0.4, 0.5) is 0 Å². The van der Waals surface area contributed by atoms with Gasteiger partial charge in [-0.2, -0.15) is 0 Å². The van der Waals surface area contributed by atoms with E-state index in [1.165, 1.54) is 5.56 Å². The number of nitrogens with one attached hydrogen (secondary N) is 1. The van der Waals surface area contributed by atoms with Crippen LogP contribution in [0.1, 0.15) is 11.3 Å². The zero-order valence-electron chi connectivity index (χ0n) is 10.5. The van der Waals surface area contributed by atoms with Gasteiger partial charge < -0.3 is 9.73 Å². The van der Waals surface area contributed by atoms with E-state index in [0.717, 1.165) is 29.6 Å². The van der Waals surface area contributed by atoms with E-state index in [0.29, 0.717) is 5.92 Å². The minimum atomic E-state index is 0.558. The number of halogens is 1. The average Bonchev–Trinajstić information content (AvgIpc) is 2.85. The summed E-state index contributed by atoms with van der Waals surface area (Å²) in [6, 6.07) is 12.5. The molecule has 0 saturated heterocycles. The van der Waals surface area contributed by atoms with Gasteiger partial charge in [-0.25, -0.2) is 0 Å². The van der Waals surface area contributed by atoms with Crippen LogP contribution in [-0.2, 0) is 12.8 Å². The van der Waals surface area contributed by atoms with Crippen LogP contribution in [0, 0.1) is 5.92 Å². The zero-order chi connectivity index (χ0) is 12.8. The molecule has 0 fully saturated rings. The Bertz CT molecular complexity index is 450. The van der Waals surface area contributed by atoms with Gasteiger partial charge in [0.15, 0.2) is 0 Å². The van der Waals surface area contributed by atoms with Crippen molar-refractivity contribution in [3.05, 3.63) is 58.5 Å². The SMILES string of the molecule is CNCC(Cc1ccc(Br)cc1)Cc1ccco1. The van der Waals surface area contributed by atoms with Crippen LogP contribution < -0.4 is 5.32 Å². The Hall–Kier alpha value is -1.06. The maximum Gasteiger partial charge on any atom is 0.104 e. The van der Waals surface area contributed by atoms with Crippen LogP contribution in [0.2, 0.25) is 0 Å². The molecule has 1 aromatic carbocycles. The molecular weight excluding hydrogens is 290 g/mol.